The summed E-state index contributed by atoms with van der Waals surface area (Å²) in [4.78, 5) is 15.1. The molecule has 1 amide bonds. The summed E-state index contributed by atoms with van der Waals surface area (Å²) in [6.07, 6.45) is 5.14. The van der Waals surface area contributed by atoms with Crippen molar-refractivity contribution in [1.29, 1.82) is 0 Å². The van der Waals surface area contributed by atoms with Crippen LogP contribution in [0.2, 0.25) is 0 Å². The van der Waals surface area contributed by atoms with E-state index in [0.29, 0.717) is 11.8 Å². The Labute approximate surface area is 140 Å². The fraction of sp³-hybridized carbons (Fsp3) is 0.231. The Bertz CT molecular complexity index is 859. The molecule has 0 spiro atoms. The molecular formula is C13H19N3O6S2. The van der Waals surface area contributed by atoms with Gasteiger partial charge in [0, 0.05) is 11.8 Å². The summed E-state index contributed by atoms with van der Waals surface area (Å²) >= 11 is 0. The van der Waals surface area contributed by atoms with E-state index in [1.165, 1.54) is 18.2 Å². The predicted molar refractivity (Wildman–Crippen MR) is 91.9 cm³/mol. The molecule has 0 atom stereocenters. The van der Waals surface area contributed by atoms with E-state index < -0.39 is 25.9 Å². The van der Waals surface area contributed by atoms with E-state index >= 15 is 0 Å². The Morgan fingerprint density at radius 2 is 1.67 bits per heavy atom. The molecule has 0 aliphatic carbocycles. The van der Waals surface area contributed by atoms with Crippen LogP contribution in [0.15, 0.2) is 34.2 Å². The SMILES string of the molecule is CC=Cc1ccc(C(=O)N=C(N)N)cc1S(C)(=O)=O.CS(=O)(=O)O. The molecule has 1 rings (SSSR count). The van der Waals surface area contributed by atoms with Gasteiger partial charge in [-0.25, -0.2) is 8.42 Å². The first-order chi connectivity index (χ1) is 10.8. The number of carbonyl (C=O) groups excluding carboxylic acids is 1. The van der Waals surface area contributed by atoms with Crippen molar-refractivity contribution in [3.8, 4) is 0 Å². The van der Waals surface area contributed by atoms with Crippen LogP contribution in [0.1, 0.15) is 22.8 Å². The quantitative estimate of drug-likeness (QED) is 0.376. The number of allylic oxidation sites excluding steroid dienone is 1. The lowest BCUT2D eigenvalue weighted by Crippen LogP contribution is -2.24. The summed E-state index contributed by atoms with van der Waals surface area (Å²) in [5.74, 6) is -1.06. The van der Waals surface area contributed by atoms with Crippen molar-refractivity contribution in [3.63, 3.8) is 0 Å². The Hall–Kier alpha value is -2.24. The molecule has 1 aromatic carbocycles. The van der Waals surface area contributed by atoms with Gasteiger partial charge < -0.3 is 11.5 Å². The van der Waals surface area contributed by atoms with Crippen molar-refractivity contribution < 1.29 is 26.2 Å². The van der Waals surface area contributed by atoms with E-state index in [4.69, 9.17) is 16.0 Å². The minimum atomic E-state index is -3.67. The van der Waals surface area contributed by atoms with Gasteiger partial charge in [0.25, 0.3) is 16.0 Å². The van der Waals surface area contributed by atoms with Crippen molar-refractivity contribution in [3.05, 3.63) is 35.4 Å². The van der Waals surface area contributed by atoms with Crippen LogP contribution in [0.25, 0.3) is 6.08 Å². The molecule has 0 saturated heterocycles. The van der Waals surface area contributed by atoms with Gasteiger partial charge in [0.2, 0.25) is 0 Å². The molecule has 0 saturated carbocycles. The van der Waals surface area contributed by atoms with Crippen LogP contribution in [-0.2, 0) is 20.0 Å². The summed E-state index contributed by atoms with van der Waals surface area (Å²) in [6, 6.07) is 4.27. The van der Waals surface area contributed by atoms with Crippen LogP contribution in [0, 0.1) is 0 Å². The maximum Gasteiger partial charge on any atom is 0.280 e. The number of hydrogen-bond donors (Lipinski definition) is 3. The second kappa shape index (κ2) is 8.57. The first-order valence-corrected chi connectivity index (χ1v) is 10.0. The number of nitrogens with zero attached hydrogens (tertiary/aromatic N) is 1. The molecule has 134 valence electrons. The highest BCUT2D eigenvalue weighted by Gasteiger charge is 2.15. The first-order valence-electron chi connectivity index (χ1n) is 6.29. The van der Waals surface area contributed by atoms with Crippen LogP contribution in [0.5, 0.6) is 0 Å². The van der Waals surface area contributed by atoms with Crippen molar-refractivity contribution in [1.82, 2.24) is 0 Å². The molecule has 0 aromatic heterocycles. The normalized spacial score (nSPS) is 11.5. The number of guanidine groups is 1. The third kappa shape index (κ3) is 9.02. The molecule has 9 nitrogen and oxygen atoms in total. The van der Waals surface area contributed by atoms with Gasteiger partial charge in [-0.1, -0.05) is 18.2 Å². The van der Waals surface area contributed by atoms with Gasteiger partial charge in [0.1, 0.15) is 0 Å². The molecule has 0 fully saturated rings. The van der Waals surface area contributed by atoms with E-state index in [1.807, 2.05) is 0 Å². The smallest absolute Gasteiger partial charge is 0.280 e. The summed E-state index contributed by atoms with van der Waals surface area (Å²) in [7, 11) is -7.12. The second-order valence-corrected chi connectivity index (χ2v) is 8.05. The van der Waals surface area contributed by atoms with E-state index in [1.54, 1.807) is 19.1 Å². The lowest BCUT2D eigenvalue weighted by molar-refractivity contribution is 0.100. The Kier molecular flexibility index (Phi) is 7.77. The van der Waals surface area contributed by atoms with Gasteiger partial charge in [-0.2, -0.15) is 13.4 Å². The maximum absolute atomic E-state index is 11.7. The third-order valence-corrected chi connectivity index (χ3v) is 3.39. The molecule has 0 heterocycles. The van der Waals surface area contributed by atoms with Gasteiger partial charge in [-0.15, -0.1) is 0 Å². The highest BCUT2D eigenvalue weighted by Crippen LogP contribution is 2.20. The molecule has 0 radical (unpaired) electrons. The predicted octanol–water partition coefficient (Wildman–Crippen LogP) is 0.0408. The zero-order valence-corrected chi connectivity index (χ0v) is 14.9. The molecule has 0 aliphatic heterocycles. The molecule has 0 aliphatic rings. The number of rotatable bonds is 3. The molecular weight excluding hydrogens is 358 g/mol. The monoisotopic (exact) mass is 377 g/mol. The van der Waals surface area contributed by atoms with Crippen molar-refractivity contribution >= 4 is 37.9 Å². The van der Waals surface area contributed by atoms with Gasteiger partial charge in [-0.3, -0.25) is 9.35 Å². The molecule has 5 N–H and O–H groups in total. The molecule has 0 bridgehead atoms. The summed E-state index contributed by atoms with van der Waals surface area (Å²) in [6.45, 7) is 1.77. The zero-order valence-electron chi connectivity index (χ0n) is 13.3. The fourth-order valence-corrected chi connectivity index (χ4v) is 2.39. The van der Waals surface area contributed by atoms with Crippen LogP contribution >= 0.6 is 0 Å². The van der Waals surface area contributed by atoms with E-state index in [0.717, 1.165) is 6.26 Å². The minimum Gasteiger partial charge on any atom is -0.370 e. The molecule has 1 aromatic rings. The third-order valence-electron chi connectivity index (χ3n) is 2.24. The number of aliphatic imine (C=N–C) groups is 1. The van der Waals surface area contributed by atoms with Gasteiger partial charge in [0.05, 0.1) is 11.2 Å². The van der Waals surface area contributed by atoms with E-state index in [2.05, 4.69) is 4.99 Å². The average Bonchev–Trinajstić information content (AvgIpc) is 2.35. The number of sulfone groups is 1. The van der Waals surface area contributed by atoms with Crippen molar-refractivity contribution in [2.24, 2.45) is 16.5 Å². The van der Waals surface area contributed by atoms with E-state index in [-0.39, 0.29) is 16.4 Å². The van der Waals surface area contributed by atoms with Gasteiger partial charge >= 0.3 is 0 Å². The van der Waals surface area contributed by atoms with Crippen LogP contribution < -0.4 is 11.5 Å². The molecule has 11 heteroatoms. The van der Waals surface area contributed by atoms with Crippen molar-refractivity contribution in [2.45, 2.75) is 11.8 Å². The lowest BCUT2D eigenvalue weighted by atomic mass is 10.1. The number of carbonyl (C=O) groups is 1. The first kappa shape index (κ1) is 21.8. The highest BCUT2D eigenvalue weighted by atomic mass is 32.2. The lowest BCUT2D eigenvalue weighted by Gasteiger charge is -2.06. The van der Waals surface area contributed by atoms with Crippen LogP contribution in [0.3, 0.4) is 0 Å². The van der Waals surface area contributed by atoms with Crippen LogP contribution in [0.4, 0.5) is 0 Å². The van der Waals surface area contributed by atoms with Crippen molar-refractivity contribution in [2.75, 3.05) is 12.5 Å². The molecule has 24 heavy (non-hydrogen) atoms. The van der Waals surface area contributed by atoms with E-state index in [9.17, 15) is 21.6 Å². The van der Waals surface area contributed by atoms with Gasteiger partial charge in [-0.05, 0) is 24.6 Å². The second-order valence-electron chi connectivity index (χ2n) is 4.60. The Morgan fingerprint density at radius 3 is 2.04 bits per heavy atom. The number of hydrogen-bond acceptors (Lipinski definition) is 5. The zero-order chi connectivity index (χ0) is 19.1. The minimum absolute atomic E-state index is 0.0576. The average molecular weight is 377 g/mol. The molecule has 0 unspecified atom stereocenters. The fourth-order valence-electron chi connectivity index (χ4n) is 1.49. The maximum atomic E-state index is 11.7. The standard InChI is InChI=1S/C12H15N3O3S.CH4O3S/c1-3-4-8-5-6-9(11(16)15-12(13)14)7-10(8)19(2,17)18;1-5(2,3)4/h3-7H,1-2H3,(H4,13,14,15,16);1H3,(H,2,3,4). The number of amides is 1. The summed E-state index contributed by atoms with van der Waals surface area (Å²) in [5, 5.41) is 0. The topological polar surface area (TPSA) is 170 Å². The highest BCUT2D eigenvalue weighted by molar-refractivity contribution is 7.90. The Morgan fingerprint density at radius 1 is 1.17 bits per heavy atom. The summed E-state index contributed by atoms with van der Waals surface area (Å²) < 4.78 is 49.3. The Balaban J connectivity index is 0.000000922. The largest absolute Gasteiger partial charge is 0.370 e. The number of nitrogens with two attached hydrogens (primary N) is 2. The number of benzene rings is 1. The van der Waals surface area contributed by atoms with Crippen LogP contribution in [-0.4, -0.2) is 45.8 Å². The van der Waals surface area contributed by atoms with Gasteiger partial charge in [0.15, 0.2) is 15.8 Å². The summed E-state index contributed by atoms with van der Waals surface area (Å²) in [5.41, 5.74) is 10.8.